The predicted molar refractivity (Wildman–Crippen MR) is 497 cm³/mol. The van der Waals surface area contributed by atoms with Crippen LogP contribution in [0.25, 0.3) is 10.9 Å². The number of thiol groups is 2. The van der Waals surface area contributed by atoms with Crippen LogP contribution in [0.5, 0.6) is 0 Å². The molecule has 38 N–H and O–H groups in total. The molecule has 0 aliphatic heterocycles. The fourth-order valence-electron chi connectivity index (χ4n) is 12.5. The number of nitrogens with one attached hydrogen (secondary N) is 25. The van der Waals surface area contributed by atoms with Gasteiger partial charge in [0.25, 0.3) is 0 Å². The molecular formula is C80H128N30O26S2. The summed E-state index contributed by atoms with van der Waals surface area (Å²) in [6, 6.07) is -19.2. The summed E-state index contributed by atoms with van der Waals surface area (Å²) in [5.74, 6) is -26.7. The van der Waals surface area contributed by atoms with E-state index < -0.39 is 313 Å². The second-order valence-electron chi connectivity index (χ2n) is 31.8. The Bertz CT molecular complexity index is 4720. The molecule has 1 aromatic carbocycles. The zero-order valence-electron chi connectivity index (χ0n) is 77.1. The molecule has 20 amide bonds. The number of carbonyl (C=O) groups is 23. The molecule has 2 aromatic rings. The van der Waals surface area contributed by atoms with Gasteiger partial charge in [-0.05, 0) is 124 Å². The van der Waals surface area contributed by atoms with Gasteiger partial charge in [0.2, 0.25) is 118 Å². The van der Waals surface area contributed by atoms with Gasteiger partial charge in [-0.25, -0.2) is 0 Å². The van der Waals surface area contributed by atoms with Crippen molar-refractivity contribution in [2.24, 2.45) is 28.7 Å². The Morgan fingerprint density at radius 3 is 0.906 bits per heavy atom. The van der Waals surface area contributed by atoms with Crippen molar-refractivity contribution in [3.8, 4) is 0 Å². The van der Waals surface area contributed by atoms with E-state index in [4.69, 9.17) is 44.9 Å². The fraction of sp³-hybridized carbons (Fsp3) is 0.575. The van der Waals surface area contributed by atoms with Crippen LogP contribution in [0.2, 0.25) is 0 Å². The molecule has 0 unspecified atom stereocenters. The predicted octanol–water partition coefficient (Wildman–Crippen LogP) is -11.8. The summed E-state index contributed by atoms with van der Waals surface area (Å²) >= 11 is 8.29. The first kappa shape index (κ1) is 119. The number of nitrogens with two attached hydrogens (primary N) is 5. The molecule has 0 radical (unpaired) electrons. The standard InChI is InChI=1S/C80H128N30O26S2/c1-35(62(121)95-38(4)65(124)104-47(16-11-27-89-78(83)84)74(133)107-52(22-26-60(118)119)72(131)98-37(3)64(123)96-39(5)67(126)110-55(34-138)77(136)106-49(18-13-29-91-80(87)88)73(132)103-46(61(82)120)19-23-56(81)112)94-63(122)36(2)97-71(130)51(21-25-59(116)117)108-75(134)48(17-12-28-90-79(85)86)105-66(125)40(6)100-76(135)54(33-137)109-68(127)41(7)99-70(129)50(20-24-58(114)115)102-57(113)32-93-69(128)53(101-42(8)111)30-43-31-92-45-15-10-9-14-44(43)45/h9-10,14-15,31,35-41,46-55,92,137-138H,11-13,16-30,32-34H2,1-8H3,(H2,81,112)(H2,82,120)(H,93,128)(H,94,122)(H,95,121)(H,96,123)(H,97,130)(H,98,131)(H,99,129)(H,100,135)(H,101,111)(H,102,113)(H,103,132)(H,104,124)(H,105,125)(H,106,136)(H,107,133)(H,108,134)(H,109,127)(H,110,126)(H,114,115)(H,116,117)(H,118,119)(H4,83,84,89)(H4,85,86,90)(H4,87,88,91)/t35-,36-,37-,38-,39-,40-,41-,46-,47-,48-,49-,50-,51-,52-,53-,54-,55-/m0/s1. The van der Waals surface area contributed by atoms with Crippen molar-refractivity contribution in [3.63, 3.8) is 0 Å². The lowest BCUT2D eigenvalue weighted by atomic mass is 10.0. The van der Waals surface area contributed by atoms with Gasteiger partial charge >= 0.3 is 17.9 Å². The summed E-state index contributed by atoms with van der Waals surface area (Å²) < 4.78 is 0. The van der Waals surface area contributed by atoms with Crippen LogP contribution in [0.1, 0.15) is 151 Å². The smallest absolute Gasteiger partial charge is 0.303 e. The number of benzene rings is 1. The molecule has 0 spiro atoms. The van der Waals surface area contributed by atoms with E-state index in [9.17, 15) is 126 Å². The van der Waals surface area contributed by atoms with Crippen molar-refractivity contribution in [2.45, 2.75) is 254 Å². The van der Waals surface area contributed by atoms with Crippen molar-refractivity contribution in [1.29, 1.82) is 16.2 Å². The number of para-hydroxylation sites is 1. The molecule has 0 aliphatic carbocycles. The molecule has 766 valence electrons. The van der Waals surface area contributed by atoms with Gasteiger partial charge in [-0.1, -0.05) is 18.2 Å². The van der Waals surface area contributed by atoms with Crippen molar-refractivity contribution < 1.29 is 126 Å². The molecule has 1 aromatic heterocycles. The number of guanidine groups is 3. The van der Waals surface area contributed by atoms with E-state index in [1.165, 1.54) is 20.8 Å². The molecule has 0 saturated heterocycles. The summed E-state index contributed by atoms with van der Waals surface area (Å²) in [5.41, 5.74) is 28.2. The number of hydrogen-bond donors (Lipinski definition) is 35. The van der Waals surface area contributed by atoms with Crippen molar-refractivity contribution in [3.05, 3.63) is 36.0 Å². The summed E-state index contributed by atoms with van der Waals surface area (Å²) in [7, 11) is 0. The second-order valence-corrected chi connectivity index (χ2v) is 32.5. The Balaban J connectivity index is 2.22. The Morgan fingerprint density at radius 2 is 0.594 bits per heavy atom. The molecule has 58 heteroatoms. The lowest BCUT2D eigenvalue weighted by Crippen LogP contribution is -2.60. The number of H-pyrrole nitrogens is 1. The molecular weight excluding hydrogens is 1860 g/mol. The first-order valence-corrected chi connectivity index (χ1v) is 44.6. The molecule has 0 fully saturated rings. The first-order valence-electron chi connectivity index (χ1n) is 43.3. The van der Waals surface area contributed by atoms with Crippen LogP contribution in [0, 0.1) is 16.2 Å². The fourth-order valence-corrected chi connectivity index (χ4v) is 13.0. The quantitative estimate of drug-likeness (QED) is 0.0127. The number of rotatable bonds is 64. The average Bonchev–Trinajstić information content (AvgIpc) is 1.68. The highest BCUT2D eigenvalue weighted by Gasteiger charge is 2.38. The van der Waals surface area contributed by atoms with E-state index in [2.05, 4.69) is 142 Å². The molecule has 0 aliphatic rings. The third kappa shape index (κ3) is 45.9. The van der Waals surface area contributed by atoms with Gasteiger partial charge in [-0.15, -0.1) is 0 Å². The number of aromatic amines is 1. The van der Waals surface area contributed by atoms with E-state index in [0.717, 1.165) is 45.5 Å². The molecule has 1 heterocycles. The topological polar surface area (TPSA) is 923 Å². The summed E-state index contributed by atoms with van der Waals surface area (Å²) in [5, 5.41) is 102. The van der Waals surface area contributed by atoms with Crippen LogP contribution in [-0.2, 0) is 117 Å². The van der Waals surface area contributed by atoms with Crippen molar-refractivity contribution >= 4 is 190 Å². The maximum atomic E-state index is 14.2. The van der Waals surface area contributed by atoms with Gasteiger partial charge in [0.1, 0.15) is 103 Å². The van der Waals surface area contributed by atoms with E-state index in [0.29, 0.717) is 5.56 Å². The Morgan fingerprint density at radius 1 is 0.326 bits per heavy atom. The molecule has 2 rings (SSSR count). The zero-order chi connectivity index (χ0) is 104. The van der Waals surface area contributed by atoms with Crippen molar-refractivity contribution in [1.82, 2.24) is 117 Å². The van der Waals surface area contributed by atoms with Gasteiger partial charge in [0, 0.05) is 87.3 Å². The lowest BCUT2D eigenvalue weighted by molar-refractivity contribution is -0.139. The number of carboxylic acids is 3. The first-order chi connectivity index (χ1) is 64.7. The lowest BCUT2D eigenvalue weighted by Gasteiger charge is -2.26. The van der Waals surface area contributed by atoms with Gasteiger partial charge in [-0.3, -0.25) is 127 Å². The largest absolute Gasteiger partial charge is 0.481 e. The average molecular weight is 1990 g/mol. The van der Waals surface area contributed by atoms with E-state index in [-0.39, 0.29) is 77.4 Å². The summed E-state index contributed by atoms with van der Waals surface area (Å²) in [6.07, 6.45) is -3.69. The number of carbonyl (C=O) groups excluding carboxylic acids is 20. The van der Waals surface area contributed by atoms with Gasteiger partial charge < -0.3 is 161 Å². The highest BCUT2D eigenvalue weighted by Crippen LogP contribution is 2.20. The second kappa shape index (κ2) is 61.1. The van der Waals surface area contributed by atoms with Crippen LogP contribution in [0.4, 0.5) is 0 Å². The number of aliphatic carboxylic acids is 3. The molecule has 56 nitrogen and oxygen atoms in total. The van der Waals surface area contributed by atoms with Crippen LogP contribution in [0.15, 0.2) is 30.5 Å². The Labute approximate surface area is 801 Å². The zero-order valence-corrected chi connectivity index (χ0v) is 78.9. The SMILES string of the molecule is CC(=O)N[C@@H](Cc1c[nH]c2ccccc12)C(=O)NCC(=O)N[C@@H](CCC(=O)O)C(=O)N[C@@H](C)C(=O)N[C@@H](CS)C(=O)N[C@@H](C)C(=O)N[C@@H](CCCNC(=N)N)C(=O)N[C@@H](CCC(=O)O)C(=O)N[C@@H](C)C(=O)N[C@@H](C)C(=O)N[C@@H](C)C(=O)N[C@@H](CCCNC(=N)N)C(=O)N[C@@H](CCC(=O)O)C(=O)N[C@@H](C)C(=O)N[C@@H](C)C(=O)N[C@@H](CS)C(=O)N[C@@H](CCCNC(=N)N)C(=O)N[C@@H](CCC(N)=O)C(N)=O. The minimum atomic E-state index is -1.79. The highest BCUT2D eigenvalue weighted by molar-refractivity contribution is 7.80. The van der Waals surface area contributed by atoms with Gasteiger partial charge in [0.05, 0.1) is 6.54 Å². The van der Waals surface area contributed by atoms with Crippen LogP contribution in [0.3, 0.4) is 0 Å². The highest BCUT2D eigenvalue weighted by atomic mass is 32.1. The van der Waals surface area contributed by atoms with E-state index in [1.807, 2.05) is 0 Å². The third-order valence-electron chi connectivity index (χ3n) is 20.2. The number of fused-ring (bicyclic) bond motifs is 1. The number of hydrogen-bond acceptors (Lipinski definition) is 28. The van der Waals surface area contributed by atoms with Gasteiger partial charge in [0.15, 0.2) is 17.9 Å². The molecule has 138 heavy (non-hydrogen) atoms. The third-order valence-corrected chi connectivity index (χ3v) is 20.9. The minimum absolute atomic E-state index is 0.00557. The number of primary amides is 2. The maximum absolute atomic E-state index is 14.2. The van der Waals surface area contributed by atoms with Crippen LogP contribution in [-0.4, -0.2) is 315 Å². The van der Waals surface area contributed by atoms with E-state index >= 15 is 0 Å². The monoisotopic (exact) mass is 1990 g/mol. The number of amides is 20. The van der Waals surface area contributed by atoms with E-state index in [1.54, 1.807) is 30.5 Å². The number of aromatic nitrogens is 1. The summed E-state index contributed by atoms with van der Waals surface area (Å²) in [6.45, 7) is 8.38. The molecule has 17 atom stereocenters. The molecule has 0 saturated carbocycles. The summed E-state index contributed by atoms with van der Waals surface area (Å²) in [4.78, 5) is 307. The number of carboxylic acid groups (broad SMARTS) is 3. The maximum Gasteiger partial charge on any atom is 0.303 e. The van der Waals surface area contributed by atoms with Crippen LogP contribution >= 0.6 is 25.3 Å². The Hall–Kier alpha value is -14.9. The van der Waals surface area contributed by atoms with Gasteiger partial charge in [-0.2, -0.15) is 25.3 Å². The normalized spacial score (nSPS) is 14.5. The molecule has 0 bridgehead atoms. The van der Waals surface area contributed by atoms with Crippen molar-refractivity contribution in [2.75, 3.05) is 37.7 Å². The minimum Gasteiger partial charge on any atom is -0.481 e. The Kier molecular flexibility index (Phi) is 52.8. The van der Waals surface area contributed by atoms with Crippen LogP contribution < -0.4 is 140 Å².